The third kappa shape index (κ3) is 3.44. The van der Waals surface area contributed by atoms with Crippen molar-refractivity contribution in [2.24, 2.45) is 7.05 Å². The van der Waals surface area contributed by atoms with Crippen LogP contribution in [0.3, 0.4) is 0 Å². The van der Waals surface area contributed by atoms with Crippen LogP contribution in [0.4, 0.5) is 4.39 Å². The lowest BCUT2D eigenvalue weighted by molar-refractivity contribution is 0.0941. The van der Waals surface area contributed by atoms with Crippen LogP contribution in [0.25, 0.3) is 0 Å². The van der Waals surface area contributed by atoms with Crippen molar-refractivity contribution in [2.45, 2.75) is 6.04 Å². The summed E-state index contributed by atoms with van der Waals surface area (Å²) in [5, 5.41) is 3.14. The zero-order valence-corrected chi connectivity index (χ0v) is 13.5. The monoisotopic (exact) mass is 344 g/mol. The predicted molar refractivity (Wildman–Crippen MR) is 88.2 cm³/mol. The van der Waals surface area contributed by atoms with Gasteiger partial charge < -0.3 is 9.88 Å². The Morgan fingerprint density at radius 3 is 2.58 bits per heavy atom. The van der Waals surface area contributed by atoms with Crippen molar-refractivity contribution >= 4 is 17.5 Å². The Hall–Kier alpha value is -2.73. The van der Waals surface area contributed by atoms with E-state index in [0.29, 0.717) is 11.4 Å². The first kappa shape index (κ1) is 16.1. The first-order valence-electron chi connectivity index (χ1n) is 7.19. The quantitative estimate of drug-likeness (QED) is 0.740. The minimum Gasteiger partial charge on any atom is -0.338 e. The number of aromatic nitrogens is 3. The van der Waals surface area contributed by atoms with Crippen molar-refractivity contribution in [1.29, 1.82) is 0 Å². The zero-order chi connectivity index (χ0) is 17.1. The van der Waals surface area contributed by atoms with Crippen LogP contribution in [0.15, 0.2) is 55.0 Å². The maximum Gasteiger partial charge on any atom is 0.252 e. The van der Waals surface area contributed by atoms with Crippen molar-refractivity contribution < 1.29 is 9.18 Å². The van der Waals surface area contributed by atoms with Crippen LogP contribution in [0.1, 0.15) is 27.8 Å². The predicted octanol–water partition coefficient (Wildman–Crippen LogP) is 3.13. The Balaban J connectivity index is 1.95. The fourth-order valence-corrected chi connectivity index (χ4v) is 2.54. The lowest BCUT2D eigenvalue weighted by Gasteiger charge is -2.19. The topological polar surface area (TPSA) is 59.8 Å². The maximum atomic E-state index is 13.2. The van der Waals surface area contributed by atoms with Gasteiger partial charge in [0.1, 0.15) is 22.8 Å². The molecule has 3 rings (SSSR count). The van der Waals surface area contributed by atoms with E-state index in [4.69, 9.17) is 11.6 Å². The van der Waals surface area contributed by atoms with Crippen LogP contribution >= 0.6 is 11.6 Å². The number of rotatable bonds is 4. The van der Waals surface area contributed by atoms with Gasteiger partial charge in [-0.05, 0) is 29.8 Å². The molecule has 0 saturated heterocycles. The number of hydrogen-bond donors (Lipinski definition) is 1. The van der Waals surface area contributed by atoms with Gasteiger partial charge in [-0.25, -0.2) is 14.4 Å². The van der Waals surface area contributed by atoms with E-state index in [9.17, 15) is 9.18 Å². The molecule has 0 radical (unpaired) electrons. The van der Waals surface area contributed by atoms with Gasteiger partial charge in [0.2, 0.25) is 0 Å². The molecule has 3 aromatic rings. The summed E-state index contributed by atoms with van der Waals surface area (Å²) in [5.74, 6) is -0.0312. The number of aryl methyl sites for hydroxylation is 1. The minimum absolute atomic E-state index is 0.234. The summed E-state index contributed by atoms with van der Waals surface area (Å²) < 4.78 is 15.0. The number of benzene rings is 1. The van der Waals surface area contributed by atoms with Gasteiger partial charge in [0.05, 0.1) is 0 Å². The molecule has 2 aromatic heterocycles. The molecule has 0 aliphatic rings. The lowest BCUT2D eigenvalue weighted by Crippen LogP contribution is -2.31. The summed E-state index contributed by atoms with van der Waals surface area (Å²) in [6.45, 7) is 0. The normalized spacial score (nSPS) is 12.0. The average Bonchev–Trinajstić information content (AvgIpc) is 2.99. The van der Waals surface area contributed by atoms with Crippen molar-refractivity contribution in [3.63, 3.8) is 0 Å². The molecule has 1 atom stereocenters. The molecule has 0 saturated carbocycles. The Kier molecular flexibility index (Phi) is 4.57. The summed E-state index contributed by atoms with van der Waals surface area (Å²) in [4.78, 5) is 20.7. The molecule has 0 fully saturated rings. The fourth-order valence-electron chi connectivity index (χ4n) is 2.37. The first-order valence-corrected chi connectivity index (χ1v) is 7.57. The van der Waals surface area contributed by atoms with E-state index in [-0.39, 0.29) is 16.9 Å². The summed E-state index contributed by atoms with van der Waals surface area (Å²) in [7, 11) is 1.83. The number of halogens is 2. The molecular weight excluding hydrogens is 331 g/mol. The molecule has 0 bridgehead atoms. The Bertz CT molecular complexity index is 863. The van der Waals surface area contributed by atoms with Gasteiger partial charge in [-0.3, -0.25) is 4.79 Å². The standard InChI is InChI=1S/C17H14ClFN4O/c1-23-9-8-21-16(23)15(11-2-4-13(19)5-3-11)22-17(24)12-6-7-20-14(18)10-12/h2-10,15H,1H3,(H,22,24). The van der Waals surface area contributed by atoms with E-state index >= 15 is 0 Å². The van der Waals surface area contributed by atoms with Crippen molar-refractivity contribution in [2.75, 3.05) is 0 Å². The van der Waals surface area contributed by atoms with Crippen LogP contribution < -0.4 is 5.32 Å². The van der Waals surface area contributed by atoms with Gasteiger partial charge in [0, 0.05) is 31.2 Å². The average molecular weight is 345 g/mol. The van der Waals surface area contributed by atoms with Crippen LogP contribution in [0.2, 0.25) is 5.15 Å². The lowest BCUT2D eigenvalue weighted by atomic mass is 10.1. The molecule has 122 valence electrons. The van der Waals surface area contributed by atoms with Crippen molar-refractivity contribution in [3.8, 4) is 0 Å². The third-order valence-electron chi connectivity index (χ3n) is 3.58. The highest BCUT2D eigenvalue weighted by Gasteiger charge is 2.21. The largest absolute Gasteiger partial charge is 0.338 e. The molecule has 0 aliphatic heterocycles. The van der Waals surface area contributed by atoms with Gasteiger partial charge >= 0.3 is 0 Å². The van der Waals surface area contributed by atoms with Gasteiger partial charge in [-0.1, -0.05) is 23.7 Å². The summed E-state index contributed by atoms with van der Waals surface area (Å²) >= 11 is 5.84. The number of nitrogens with zero attached hydrogens (tertiary/aromatic N) is 3. The highest BCUT2D eigenvalue weighted by atomic mass is 35.5. The van der Waals surface area contributed by atoms with Crippen molar-refractivity contribution in [3.05, 3.63) is 82.9 Å². The highest BCUT2D eigenvalue weighted by molar-refractivity contribution is 6.29. The number of hydrogen-bond acceptors (Lipinski definition) is 3. The van der Waals surface area contributed by atoms with Crippen LogP contribution in [0.5, 0.6) is 0 Å². The number of imidazole rings is 1. The molecule has 1 N–H and O–H groups in total. The van der Waals surface area contributed by atoms with Crippen LogP contribution in [-0.2, 0) is 7.05 Å². The second kappa shape index (κ2) is 6.80. The van der Waals surface area contributed by atoms with Crippen molar-refractivity contribution in [1.82, 2.24) is 19.9 Å². The molecular formula is C17H14ClFN4O. The van der Waals surface area contributed by atoms with Gasteiger partial charge in [-0.15, -0.1) is 0 Å². The maximum absolute atomic E-state index is 13.2. The second-order valence-corrected chi connectivity index (χ2v) is 5.61. The molecule has 24 heavy (non-hydrogen) atoms. The van der Waals surface area contributed by atoms with E-state index in [0.717, 1.165) is 5.56 Å². The molecule has 2 heterocycles. The van der Waals surface area contributed by atoms with Gasteiger partial charge in [0.15, 0.2) is 0 Å². The first-order chi connectivity index (χ1) is 11.5. The van der Waals surface area contributed by atoms with E-state index in [1.807, 2.05) is 7.05 Å². The molecule has 5 nitrogen and oxygen atoms in total. The Labute approximate surface area is 143 Å². The number of carbonyl (C=O) groups is 1. The SMILES string of the molecule is Cn1ccnc1C(NC(=O)c1ccnc(Cl)c1)c1ccc(F)cc1. The molecule has 1 aromatic carbocycles. The minimum atomic E-state index is -0.523. The van der Waals surface area contributed by atoms with Gasteiger partial charge in [-0.2, -0.15) is 0 Å². The van der Waals surface area contributed by atoms with E-state index < -0.39 is 6.04 Å². The Morgan fingerprint density at radius 2 is 1.96 bits per heavy atom. The van der Waals surface area contributed by atoms with E-state index in [1.165, 1.54) is 24.4 Å². The molecule has 0 spiro atoms. The summed E-state index contributed by atoms with van der Waals surface area (Å²) in [6, 6.07) is 8.47. The summed E-state index contributed by atoms with van der Waals surface area (Å²) in [6.07, 6.45) is 4.88. The third-order valence-corrected chi connectivity index (χ3v) is 3.79. The molecule has 0 aliphatic carbocycles. The second-order valence-electron chi connectivity index (χ2n) is 5.22. The van der Waals surface area contributed by atoms with E-state index in [2.05, 4.69) is 15.3 Å². The fraction of sp³-hybridized carbons (Fsp3) is 0.118. The molecule has 1 unspecified atom stereocenters. The highest BCUT2D eigenvalue weighted by Crippen LogP contribution is 2.21. The van der Waals surface area contributed by atoms with Crippen LogP contribution in [0, 0.1) is 5.82 Å². The van der Waals surface area contributed by atoms with Gasteiger partial charge in [0.25, 0.3) is 5.91 Å². The zero-order valence-electron chi connectivity index (χ0n) is 12.8. The number of carbonyl (C=O) groups excluding carboxylic acids is 1. The van der Waals surface area contributed by atoms with Crippen LogP contribution in [-0.4, -0.2) is 20.4 Å². The number of amides is 1. The molecule has 7 heteroatoms. The van der Waals surface area contributed by atoms with E-state index in [1.54, 1.807) is 35.2 Å². The molecule has 1 amide bonds. The number of nitrogens with one attached hydrogen (secondary N) is 1. The summed E-state index contributed by atoms with van der Waals surface area (Å²) in [5.41, 5.74) is 1.11. The number of pyridine rings is 1. The Morgan fingerprint density at radius 1 is 1.21 bits per heavy atom. The smallest absolute Gasteiger partial charge is 0.252 e.